The fraction of sp³-hybridized carbons (Fsp3) is 0.250. The molecule has 0 atom stereocenters. The van der Waals surface area contributed by atoms with Crippen molar-refractivity contribution in [3.05, 3.63) is 63.5 Å². The molecule has 0 radical (unpaired) electrons. The molecule has 0 saturated heterocycles. The molecule has 7 heteroatoms. The van der Waals surface area contributed by atoms with E-state index in [4.69, 9.17) is 11.6 Å². The van der Waals surface area contributed by atoms with Gasteiger partial charge in [-0.15, -0.1) is 0 Å². The summed E-state index contributed by atoms with van der Waals surface area (Å²) in [4.78, 5) is 7.73. The van der Waals surface area contributed by atoms with Crippen LogP contribution < -0.4 is 4.72 Å². The van der Waals surface area contributed by atoms with Gasteiger partial charge in [-0.2, -0.15) is 0 Å². The van der Waals surface area contributed by atoms with Crippen LogP contribution in [0, 0.1) is 5.82 Å². The van der Waals surface area contributed by atoms with Crippen LogP contribution in [0.1, 0.15) is 24.8 Å². The molecule has 3 rings (SSSR count). The molecule has 0 amide bonds. The first kappa shape index (κ1) is 20.4. The number of aromatic amines is 1. The molecule has 2 aromatic carbocycles. The standard InChI is InChI=1S/C20H20BrClFN3S/c21-16-7-5-14(11-18(16)23)19-12-24-20(26-19)15-6-8-17(22)13(10-15)4-2-1-3-9-25-27/h5-8,10-12,25,27H,1-4,9H2,(H,24,26). The summed E-state index contributed by atoms with van der Waals surface area (Å²) in [6, 6.07) is 10.9. The average molecular weight is 469 g/mol. The van der Waals surface area contributed by atoms with Crippen molar-refractivity contribution < 1.29 is 4.39 Å². The largest absolute Gasteiger partial charge is 0.338 e. The highest BCUT2D eigenvalue weighted by molar-refractivity contribution is 9.10. The second-order valence-electron chi connectivity index (χ2n) is 6.30. The third kappa shape index (κ3) is 5.35. The third-order valence-electron chi connectivity index (χ3n) is 4.36. The van der Waals surface area contributed by atoms with Crippen molar-refractivity contribution in [2.45, 2.75) is 25.7 Å². The van der Waals surface area contributed by atoms with E-state index < -0.39 is 0 Å². The molecular weight excluding hydrogens is 449 g/mol. The van der Waals surface area contributed by atoms with Gasteiger partial charge in [-0.05, 0) is 71.1 Å². The summed E-state index contributed by atoms with van der Waals surface area (Å²) in [6.45, 7) is 0.905. The molecule has 0 unspecified atom stereocenters. The van der Waals surface area contributed by atoms with E-state index in [0.717, 1.165) is 65.5 Å². The van der Waals surface area contributed by atoms with Crippen LogP contribution >= 0.6 is 40.3 Å². The second kappa shape index (κ2) is 9.73. The van der Waals surface area contributed by atoms with Crippen LogP contribution in [-0.4, -0.2) is 16.5 Å². The Bertz CT molecular complexity index is 916. The van der Waals surface area contributed by atoms with E-state index in [-0.39, 0.29) is 5.82 Å². The molecule has 1 heterocycles. The molecule has 3 aromatic rings. The van der Waals surface area contributed by atoms with Crippen LogP contribution in [0.15, 0.2) is 47.1 Å². The van der Waals surface area contributed by atoms with Crippen molar-refractivity contribution >= 4 is 40.3 Å². The number of rotatable bonds is 8. The van der Waals surface area contributed by atoms with Crippen molar-refractivity contribution in [3.8, 4) is 22.6 Å². The summed E-state index contributed by atoms with van der Waals surface area (Å²) in [5.74, 6) is 0.441. The number of H-pyrrole nitrogens is 1. The molecule has 0 aliphatic rings. The minimum atomic E-state index is -0.300. The summed E-state index contributed by atoms with van der Waals surface area (Å²) in [6.07, 6.45) is 5.92. The fourth-order valence-corrected chi connectivity index (χ4v) is 3.50. The SMILES string of the molecule is Fc1cc(-c2cnc(-c3ccc(Cl)c(CCCCCNS)c3)[nH]2)ccc1Br. The van der Waals surface area contributed by atoms with Gasteiger partial charge in [0.1, 0.15) is 11.6 Å². The average Bonchev–Trinajstić information content (AvgIpc) is 3.15. The predicted octanol–water partition coefficient (Wildman–Crippen LogP) is 6.45. The zero-order valence-corrected chi connectivity index (χ0v) is 17.8. The minimum Gasteiger partial charge on any atom is -0.338 e. The van der Waals surface area contributed by atoms with Crippen molar-refractivity contribution in [2.24, 2.45) is 0 Å². The topological polar surface area (TPSA) is 40.7 Å². The number of aryl methyl sites for hydroxylation is 1. The van der Waals surface area contributed by atoms with Gasteiger partial charge >= 0.3 is 0 Å². The van der Waals surface area contributed by atoms with Gasteiger partial charge in [0.15, 0.2) is 0 Å². The molecule has 142 valence electrons. The van der Waals surface area contributed by atoms with Gasteiger partial charge in [0, 0.05) is 22.7 Å². The molecule has 3 nitrogen and oxygen atoms in total. The van der Waals surface area contributed by atoms with Crippen LogP contribution in [0.5, 0.6) is 0 Å². The third-order valence-corrected chi connectivity index (χ3v) is 5.60. The maximum absolute atomic E-state index is 13.8. The van der Waals surface area contributed by atoms with E-state index in [9.17, 15) is 4.39 Å². The quantitative estimate of drug-likeness (QED) is 0.263. The number of hydrogen-bond acceptors (Lipinski definition) is 3. The number of aromatic nitrogens is 2. The summed E-state index contributed by atoms with van der Waals surface area (Å²) in [7, 11) is 0. The summed E-state index contributed by atoms with van der Waals surface area (Å²) < 4.78 is 17.1. The monoisotopic (exact) mass is 467 g/mol. The van der Waals surface area contributed by atoms with Crippen LogP contribution in [0.2, 0.25) is 5.02 Å². The number of hydrogen-bond donors (Lipinski definition) is 3. The maximum Gasteiger partial charge on any atom is 0.138 e. The predicted molar refractivity (Wildman–Crippen MR) is 117 cm³/mol. The highest BCUT2D eigenvalue weighted by Crippen LogP contribution is 2.28. The van der Waals surface area contributed by atoms with Crippen LogP contribution in [0.25, 0.3) is 22.6 Å². The van der Waals surface area contributed by atoms with Gasteiger partial charge in [0.2, 0.25) is 0 Å². The molecule has 0 aliphatic carbocycles. The summed E-state index contributed by atoms with van der Waals surface area (Å²) in [5.41, 5.74) is 3.60. The van der Waals surface area contributed by atoms with Crippen molar-refractivity contribution in [1.82, 2.24) is 14.7 Å². The molecule has 27 heavy (non-hydrogen) atoms. The van der Waals surface area contributed by atoms with E-state index in [1.54, 1.807) is 12.3 Å². The number of imidazole rings is 1. The number of unbranched alkanes of at least 4 members (excludes halogenated alkanes) is 2. The van der Waals surface area contributed by atoms with Gasteiger partial charge in [-0.3, -0.25) is 4.72 Å². The van der Waals surface area contributed by atoms with Crippen molar-refractivity contribution in [1.29, 1.82) is 0 Å². The first-order chi connectivity index (χ1) is 13.1. The molecule has 1 aromatic heterocycles. The fourth-order valence-electron chi connectivity index (χ4n) is 2.89. The van der Waals surface area contributed by atoms with E-state index in [1.807, 2.05) is 18.2 Å². The highest BCUT2D eigenvalue weighted by Gasteiger charge is 2.10. The number of nitrogens with one attached hydrogen (secondary N) is 2. The van der Waals surface area contributed by atoms with E-state index in [0.29, 0.717) is 4.47 Å². The lowest BCUT2D eigenvalue weighted by molar-refractivity contribution is 0.621. The Hall–Kier alpha value is -1.34. The van der Waals surface area contributed by atoms with Crippen molar-refractivity contribution in [2.75, 3.05) is 6.54 Å². The van der Waals surface area contributed by atoms with E-state index in [2.05, 4.69) is 49.5 Å². The number of benzene rings is 2. The van der Waals surface area contributed by atoms with Crippen LogP contribution in [0.3, 0.4) is 0 Å². The molecule has 0 saturated carbocycles. The maximum atomic E-state index is 13.8. The molecule has 0 spiro atoms. The summed E-state index contributed by atoms with van der Waals surface area (Å²) in [5, 5.41) is 0.771. The molecule has 2 N–H and O–H groups in total. The lowest BCUT2D eigenvalue weighted by atomic mass is 10.0. The molecule has 0 bridgehead atoms. The molecule has 0 fully saturated rings. The van der Waals surface area contributed by atoms with Crippen LogP contribution in [-0.2, 0) is 6.42 Å². The van der Waals surface area contributed by atoms with Gasteiger partial charge in [-0.1, -0.05) is 36.9 Å². The summed E-state index contributed by atoms with van der Waals surface area (Å²) >= 11 is 13.5. The lowest BCUT2D eigenvalue weighted by Crippen LogP contribution is -2.00. The van der Waals surface area contributed by atoms with Crippen molar-refractivity contribution in [3.63, 3.8) is 0 Å². The van der Waals surface area contributed by atoms with E-state index in [1.165, 1.54) is 6.07 Å². The number of nitrogens with zero attached hydrogens (tertiary/aromatic N) is 1. The number of halogens is 3. The highest BCUT2D eigenvalue weighted by atomic mass is 79.9. The smallest absolute Gasteiger partial charge is 0.138 e. The molecule has 0 aliphatic heterocycles. The zero-order chi connectivity index (χ0) is 19.2. The lowest BCUT2D eigenvalue weighted by Gasteiger charge is -2.07. The first-order valence-corrected chi connectivity index (χ1v) is 10.4. The Morgan fingerprint density at radius 2 is 1.93 bits per heavy atom. The Balaban J connectivity index is 1.75. The zero-order valence-electron chi connectivity index (χ0n) is 14.6. The Morgan fingerprint density at radius 1 is 1.11 bits per heavy atom. The normalized spacial score (nSPS) is 11.1. The Morgan fingerprint density at radius 3 is 2.70 bits per heavy atom. The van der Waals surface area contributed by atoms with Gasteiger partial charge < -0.3 is 4.98 Å². The second-order valence-corrected chi connectivity index (χ2v) is 7.88. The van der Waals surface area contributed by atoms with Gasteiger partial charge in [0.05, 0.1) is 16.4 Å². The van der Waals surface area contributed by atoms with Gasteiger partial charge in [-0.25, -0.2) is 9.37 Å². The van der Waals surface area contributed by atoms with Crippen LogP contribution in [0.4, 0.5) is 4.39 Å². The molecular formula is C20H20BrClFN3S. The number of thiol groups is 1. The Kier molecular flexibility index (Phi) is 7.35. The minimum absolute atomic E-state index is 0.300. The van der Waals surface area contributed by atoms with Gasteiger partial charge in [0.25, 0.3) is 0 Å². The van der Waals surface area contributed by atoms with E-state index >= 15 is 0 Å². The Labute approximate surface area is 177 Å². The first-order valence-electron chi connectivity index (χ1n) is 8.74.